The molecule has 1 aliphatic carbocycles. The van der Waals surface area contributed by atoms with Crippen LogP contribution in [0.2, 0.25) is 10.0 Å². The van der Waals surface area contributed by atoms with Gasteiger partial charge in [-0.1, -0.05) is 23.2 Å². The van der Waals surface area contributed by atoms with Gasteiger partial charge in [0.25, 0.3) is 0 Å². The number of carbonyl (C=O) groups excluding carboxylic acids is 2. The summed E-state index contributed by atoms with van der Waals surface area (Å²) in [6.07, 6.45) is -1.56. The number of nitrogens with one attached hydrogen (secondary N) is 4. The van der Waals surface area contributed by atoms with E-state index in [2.05, 4.69) is 39.6 Å². The maximum Gasteiger partial charge on any atom is 0.397 e. The van der Waals surface area contributed by atoms with E-state index in [1.165, 1.54) is 24.3 Å². The fourth-order valence-corrected chi connectivity index (χ4v) is 10.1. The Bertz CT molecular complexity index is 3090. The van der Waals surface area contributed by atoms with Gasteiger partial charge >= 0.3 is 32.7 Å². The number of anilines is 3. The second-order valence-corrected chi connectivity index (χ2v) is 20.5. The molecule has 2 heterocycles. The molecular weight excluding hydrogens is 1010 g/mol. The third-order valence-electron chi connectivity index (χ3n) is 8.75. The number of hydrogen-bond acceptors (Lipinski definition) is 20. The zero-order valence-electron chi connectivity index (χ0n) is 33.4. The minimum atomic E-state index is -5.08. The van der Waals surface area contributed by atoms with Crippen LogP contribution in [-0.2, 0) is 68.0 Å². The Morgan fingerprint density at radius 2 is 1.30 bits per heavy atom. The van der Waals surface area contributed by atoms with Crippen molar-refractivity contribution in [1.29, 1.82) is 0 Å². The predicted molar refractivity (Wildman–Crippen MR) is 228 cm³/mol. The van der Waals surface area contributed by atoms with Gasteiger partial charge in [-0.15, -0.1) is 0 Å². The van der Waals surface area contributed by atoms with E-state index in [1.54, 1.807) is 0 Å². The van der Waals surface area contributed by atoms with Crippen molar-refractivity contribution >= 4 is 116 Å². The van der Waals surface area contributed by atoms with Crippen molar-refractivity contribution in [2.24, 2.45) is 4.99 Å². The van der Waals surface area contributed by atoms with E-state index >= 15 is 0 Å². The number of halogens is 2. The molecule has 0 bridgehead atoms. The molecule has 2 aromatic carbocycles. The maximum atomic E-state index is 13.9. The van der Waals surface area contributed by atoms with Crippen molar-refractivity contribution in [1.82, 2.24) is 15.6 Å². The van der Waals surface area contributed by atoms with Crippen LogP contribution in [0, 0.1) is 0 Å². The molecule has 0 saturated heterocycles. The fourth-order valence-electron chi connectivity index (χ4n) is 5.95. The Balaban J connectivity index is 1.59. The molecule has 0 saturated carbocycles. The van der Waals surface area contributed by atoms with Gasteiger partial charge in [-0.2, -0.15) is 16.8 Å². The standard InChI is InChI=1S/C34H36Cl2N6O20S4/c35-25-27-31(61-29-17(41-27)1-3-19(37-9-11-39-21(43)5-7-23(45)46)33(29)63(49,50)15-13-59-65(53,54)55)26(36)28-32(25)62-30-18(42-28)2-4-20(38-10-12-40-22(44)6-8-24(47)48)34(30)64(51,52)16-14-60-66(56,57)58/h1-4,37,41H,5-16H2,(H,39,43)(H,40,44)(H,45,46)(H,47,48)(H,53,54,55)(H,56,57,58). The summed E-state index contributed by atoms with van der Waals surface area (Å²) in [6, 6.07) is 5.01. The molecule has 66 heavy (non-hydrogen) atoms. The van der Waals surface area contributed by atoms with E-state index in [0.29, 0.717) is 0 Å². The van der Waals surface area contributed by atoms with Crippen LogP contribution in [-0.4, -0.2) is 133 Å². The lowest BCUT2D eigenvalue weighted by Gasteiger charge is -2.27. The zero-order chi connectivity index (χ0) is 48.8. The molecule has 32 heteroatoms. The molecule has 0 radical (unpaired) electrons. The molecule has 8 N–H and O–H groups in total. The lowest BCUT2D eigenvalue weighted by atomic mass is 10.1. The third-order valence-corrected chi connectivity index (χ3v) is 13.8. The predicted octanol–water partition coefficient (Wildman–Crippen LogP) is 1.55. The van der Waals surface area contributed by atoms with Crippen molar-refractivity contribution in [3.63, 3.8) is 0 Å². The molecule has 2 aliphatic heterocycles. The van der Waals surface area contributed by atoms with Gasteiger partial charge in [0, 0.05) is 32.5 Å². The number of aromatic nitrogens is 1. The van der Waals surface area contributed by atoms with E-state index in [1.807, 2.05) is 0 Å². The summed E-state index contributed by atoms with van der Waals surface area (Å²) in [5.41, 5.74) is -1.27. The van der Waals surface area contributed by atoms with Crippen LogP contribution in [0.5, 0.6) is 11.5 Å². The number of carboxylic acids is 2. The number of aliphatic carboxylic acids is 2. The van der Waals surface area contributed by atoms with Gasteiger partial charge in [-0.3, -0.25) is 33.3 Å². The highest BCUT2D eigenvalue weighted by molar-refractivity contribution is 7.92. The fraction of sp³-hybridized carbons (Fsp3) is 0.353. The summed E-state index contributed by atoms with van der Waals surface area (Å²) in [5, 5.41) is 27.2. The molecule has 360 valence electrons. The quantitative estimate of drug-likeness (QED) is 0.0261. The van der Waals surface area contributed by atoms with Crippen molar-refractivity contribution in [3.05, 3.63) is 39.7 Å². The molecule has 0 spiro atoms. The summed E-state index contributed by atoms with van der Waals surface area (Å²) in [5.74, 6) is -7.01. The van der Waals surface area contributed by atoms with Crippen LogP contribution in [0.25, 0.3) is 22.6 Å². The van der Waals surface area contributed by atoms with Crippen molar-refractivity contribution in [3.8, 4) is 23.0 Å². The Hall–Kier alpha value is -5.44. The number of ether oxygens (including phenoxy) is 1. The average Bonchev–Trinajstić information content (AvgIpc) is 3.21. The molecular formula is C34H36Cl2N6O20S4. The summed E-state index contributed by atoms with van der Waals surface area (Å²) in [4.78, 5) is 53.1. The zero-order valence-corrected chi connectivity index (χ0v) is 38.2. The van der Waals surface area contributed by atoms with Gasteiger partial charge in [-0.05, 0) is 24.3 Å². The van der Waals surface area contributed by atoms with Crippen LogP contribution >= 0.6 is 23.2 Å². The lowest BCUT2D eigenvalue weighted by Crippen LogP contribution is -2.29. The summed E-state index contributed by atoms with van der Waals surface area (Å²) in [6.45, 7) is -2.80. The van der Waals surface area contributed by atoms with Crippen molar-refractivity contribution in [2.45, 2.75) is 35.5 Å². The molecule has 2 amide bonds. The number of benzene rings is 3. The maximum absolute atomic E-state index is 13.9. The second kappa shape index (κ2) is 21.0. The number of hydrogen-bond donors (Lipinski definition) is 8. The number of sulfone groups is 2. The Kier molecular flexibility index (Phi) is 16.4. The molecule has 0 atom stereocenters. The van der Waals surface area contributed by atoms with Crippen molar-refractivity contribution in [2.75, 3.05) is 61.5 Å². The SMILES string of the molecule is O=C(O)CCC(=O)NCCN=c1ccc2nc3c(Cl)c4c(c(Cl)c3oc-2c1S(=O)(=O)CCOS(=O)(=O)O)Nc1ccc(NCCNC(=O)CCC(=O)O)c(S(=O)(=O)CCOS(=O)(=O)O)c1O4. The summed E-state index contributed by atoms with van der Waals surface area (Å²) in [7, 11) is -19.5. The average molecular weight is 1050 g/mol. The summed E-state index contributed by atoms with van der Waals surface area (Å²) < 4.78 is 139. The number of fused-ring (bicyclic) bond motifs is 4. The monoisotopic (exact) mass is 1050 g/mol. The van der Waals surface area contributed by atoms with Crippen LogP contribution < -0.4 is 31.4 Å². The first kappa shape index (κ1) is 51.5. The van der Waals surface area contributed by atoms with Crippen LogP contribution in [0.15, 0.2) is 43.5 Å². The Labute approximate surface area is 383 Å². The van der Waals surface area contributed by atoms with Gasteiger partial charge in [0.2, 0.25) is 11.8 Å². The van der Waals surface area contributed by atoms with Crippen LogP contribution in [0.3, 0.4) is 0 Å². The number of rotatable bonds is 23. The van der Waals surface area contributed by atoms with E-state index in [4.69, 9.17) is 51.7 Å². The number of carbonyl (C=O) groups is 4. The minimum absolute atomic E-state index is 0.0893. The first-order valence-corrected chi connectivity index (χ1v) is 25.4. The van der Waals surface area contributed by atoms with Gasteiger partial charge < -0.3 is 40.6 Å². The molecule has 0 fully saturated rings. The molecule has 0 unspecified atom stereocenters. The lowest BCUT2D eigenvalue weighted by molar-refractivity contribution is -0.139. The first-order valence-electron chi connectivity index (χ1n) is 18.6. The molecule has 0 aromatic heterocycles. The van der Waals surface area contributed by atoms with Gasteiger partial charge in [0.15, 0.2) is 42.5 Å². The van der Waals surface area contributed by atoms with Crippen molar-refractivity contribution < 1.29 is 89.7 Å². The highest BCUT2D eigenvalue weighted by Crippen LogP contribution is 2.55. The Morgan fingerprint density at radius 1 is 0.727 bits per heavy atom. The molecule has 5 rings (SSSR count). The first-order chi connectivity index (χ1) is 30.8. The van der Waals surface area contributed by atoms with E-state index in [9.17, 15) is 52.8 Å². The minimum Gasteiger partial charge on any atom is -0.481 e. The number of nitrogens with zero attached hydrogens (tertiary/aromatic N) is 2. The molecule has 2 aromatic rings. The van der Waals surface area contributed by atoms with Gasteiger partial charge in [0.1, 0.15) is 36.7 Å². The molecule has 26 nitrogen and oxygen atoms in total. The van der Waals surface area contributed by atoms with Crippen LogP contribution in [0.4, 0.5) is 17.1 Å². The number of amides is 2. The smallest absolute Gasteiger partial charge is 0.397 e. The van der Waals surface area contributed by atoms with E-state index in [0.717, 1.165) is 0 Å². The van der Waals surface area contributed by atoms with E-state index < -0.39 is 123 Å². The second-order valence-electron chi connectivity index (χ2n) is 13.5. The molecule has 3 aliphatic rings. The topological polar surface area (TPSA) is 400 Å². The number of carboxylic acid groups (broad SMARTS) is 2. The normalized spacial score (nSPS) is 13.1. The van der Waals surface area contributed by atoms with Gasteiger partial charge in [-0.25, -0.2) is 30.2 Å². The highest BCUT2D eigenvalue weighted by atomic mass is 35.5. The Morgan fingerprint density at radius 3 is 1.88 bits per heavy atom. The largest absolute Gasteiger partial charge is 0.481 e. The highest BCUT2D eigenvalue weighted by Gasteiger charge is 2.35. The van der Waals surface area contributed by atoms with Gasteiger partial charge in [0.05, 0.1) is 60.8 Å². The third kappa shape index (κ3) is 13.3. The van der Waals surface area contributed by atoms with E-state index in [-0.39, 0.29) is 94.0 Å². The van der Waals surface area contributed by atoms with Crippen LogP contribution in [0.1, 0.15) is 25.7 Å². The summed E-state index contributed by atoms with van der Waals surface area (Å²) >= 11 is 13.7.